The van der Waals surface area contributed by atoms with Crippen molar-refractivity contribution in [2.75, 3.05) is 19.8 Å². The summed E-state index contributed by atoms with van der Waals surface area (Å²) in [4.78, 5) is 24.0. The highest BCUT2D eigenvalue weighted by Crippen LogP contribution is 2.62. The maximum absolute atomic E-state index is 15.6. The summed E-state index contributed by atoms with van der Waals surface area (Å²) in [7, 11) is 0. The molecule has 0 spiro atoms. The molecule has 2 aliphatic carbocycles. The third-order valence-electron chi connectivity index (χ3n) is 15.7. The van der Waals surface area contributed by atoms with Gasteiger partial charge < -0.3 is 34.2 Å². The minimum absolute atomic E-state index is 0.0274. The van der Waals surface area contributed by atoms with Crippen molar-refractivity contribution in [1.29, 1.82) is 0 Å². The number of amides is 1. The van der Waals surface area contributed by atoms with E-state index in [0.717, 1.165) is 83.7 Å². The van der Waals surface area contributed by atoms with Crippen LogP contribution < -0.4 is 9.47 Å². The first kappa shape index (κ1) is 54.5. The largest absolute Gasteiger partial charge is 0.489 e. The first-order valence-electron chi connectivity index (χ1n) is 27.8. The van der Waals surface area contributed by atoms with Gasteiger partial charge in [0, 0.05) is 49.6 Å². The Morgan fingerprint density at radius 1 is 0.797 bits per heavy atom. The summed E-state index contributed by atoms with van der Waals surface area (Å²) < 4.78 is 36.4. The highest BCUT2D eigenvalue weighted by atomic mass is 19.1. The molecule has 74 heavy (non-hydrogen) atoms. The fraction of sp³-hybridized carbons (Fsp3) is 0.469. The number of hydrogen-bond acceptors (Lipinski definition) is 8. The average Bonchev–Trinajstić information content (AvgIpc) is 3.44. The van der Waals surface area contributed by atoms with Crippen LogP contribution in [0.1, 0.15) is 144 Å². The Morgan fingerprint density at radius 2 is 1.50 bits per heavy atom. The number of rotatable bonds is 30. The van der Waals surface area contributed by atoms with Crippen molar-refractivity contribution in [2.24, 2.45) is 22.9 Å². The zero-order valence-corrected chi connectivity index (χ0v) is 43.7. The number of aliphatic hydroxyl groups is 2. The summed E-state index contributed by atoms with van der Waals surface area (Å²) in [5.74, 6) is -1.15. The topological polar surface area (TPSA) is 110 Å². The lowest BCUT2D eigenvalue weighted by atomic mass is 9.55. The second-order valence-electron chi connectivity index (χ2n) is 20.7. The predicted octanol–water partition coefficient (Wildman–Crippen LogP) is 14.3. The van der Waals surface area contributed by atoms with Gasteiger partial charge in [0.05, 0.1) is 18.2 Å². The minimum atomic E-state index is -1.42. The summed E-state index contributed by atoms with van der Waals surface area (Å²) in [6, 6.07) is 36.6. The lowest BCUT2D eigenvalue weighted by Crippen LogP contribution is -2.70. The molecule has 9 nitrogen and oxygen atoms in total. The summed E-state index contributed by atoms with van der Waals surface area (Å²) in [6.45, 7) is 7.36. The van der Waals surface area contributed by atoms with Crippen molar-refractivity contribution in [3.63, 3.8) is 0 Å². The molecule has 0 radical (unpaired) electrons. The second-order valence-corrected chi connectivity index (χ2v) is 20.7. The van der Waals surface area contributed by atoms with Gasteiger partial charge in [0.15, 0.2) is 0 Å². The number of oxime groups is 1. The van der Waals surface area contributed by atoms with Crippen LogP contribution in [0.3, 0.4) is 0 Å². The number of carbonyl (C=O) groups is 1. The summed E-state index contributed by atoms with van der Waals surface area (Å²) in [5, 5.41) is 27.5. The molecule has 10 heteroatoms. The number of benzene rings is 5. The van der Waals surface area contributed by atoms with Crippen LogP contribution in [-0.4, -0.2) is 58.4 Å². The van der Waals surface area contributed by atoms with Crippen molar-refractivity contribution < 1.29 is 38.4 Å². The van der Waals surface area contributed by atoms with Crippen LogP contribution in [0.15, 0.2) is 145 Å². The lowest BCUT2D eigenvalue weighted by molar-refractivity contribution is -0.258. The van der Waals surface area contributed by atoms with E-state index in [-0.39, 0.29) is 62.5 Å². The molecule has 394 valence electrons. The lowest BCUT2D eigenvalue weighted by Gasteiger charge is -2.60. The zero-order valence-electron chi connectivity index (χ0n) is 43.7. The van der Waals surface area contributed by atoms with E-state index in [2.05, 4.69) is 62.0 Å². The van der Waals surface area contributed by atoms with Gasteiger partial charge in [-0.2, -0.15) is 0 Å². The first-order valence-corrected chi connectivity index (χ1v) is 27.8. The molecule has 3 aliphatic rings. The smallest absolute Gasteiger partial charge is 0.239 e. The Hall–Kier alpha value is -5.81. The van der Waals surface area contributed by atoms with Crippen molar-refractivity contribution >= 4 is 22.4 Å². The van der Waals surface area contributed by atoms with Gasteiger partial charge in [-0.1, -0.05) is 179 Å². The maximum Gasteiger partial charge on any atom is 0.239 e. The Kier molecular flexibility index (Phi) is 20.3. The molecule has 1 amide bonds. The number of halogens is 1. The van der Waals surface area contributed by atoms with Crippen molar-refractivity contribution in [1.82, 2.24) is 4.90 Å². The number of nitrogens with zero attached hydrogens (tertiary/aromatic N) is 2. The van der Waals surface area contributed by atoms with E-state index in [1.807, 2.05) is 59.5 Å². The molecule has 1 aliphatic heterocycles. The van der Waals surface area contributed by atoms with Crippen LogP contribution in [0, 0.1) is 23.6 Å². The van der Waals surface area contributed by atoms with Gasteiger partial charge in [-0.25, -0.2) is 4.39 Å². The van der Waals surface area contributed by atoms with E-state index in [9.17, 15) is 14.6 Å². The average molecular weight is 1010 g/mol. The number of aliphatic hydroxyl groups excluding tert-OH is 2. The molecule has 1 heterocycles. The fourth-order valence-electron chi connectivity index (χ4n) is 12.0. The number of ether oxygens (including phenoxy) is 3. The highest BCUT2D eigenvalue weighted by Gasteiger charge is 2.65. The molecule has 0 saturated heterocycles. The molecule has 1 saturated carbocycles. The fourth-order valence-corrected chi connectivity index (χ4v) is 12.0. The van der Waals surface area contributed by atoms with Gasteiger partial charge in [0.2, 0.25) is 11.7 Å². The normalized spacial score (nSPS) is 21.3. The molecule has 5 aromatic carbocycles. The number of unbranched alkanes of at least 4 members (excludes halogenated alkanes) is 10. The molecule has 8 rings (SSSR count). The molecular formula is C64H79FN2O7. The molecule has 2 N–H and O–H groups in total. The number of allylic oxidation sites excluding steroid dienone is 1. The van der Waals surface area contributed by atoms with Gasteiger partial charge in [-0.05, 0) is 95.7 Å². The summed E-state index contributed by atoms with van der Waals surface area (Å²) in [5.41, 5.74) is 5.13. The SMILES string of the molecule is C=CCOC12Oc3ccc(OCc4ccccc4F)cc3C3C(CCCCO)C(CCCCO)C=C(C(=NOCc4ccccc4)CC1N(Cc1cccc4ccccc14)C(=O)CCCCCCCCCCC)C32. The third-order valence-corrected chi connectivity index (χ3v) is 15.7. The molecule has 6 atom stereocenters. The first-order chi connectivity index (χ1) is 36.4. The highest BCUT2D eigenvalue weighted by molar-refractivity contribution is 6.03. The van der Waals surface area contributed by atoms with Crippen LogP contribution in [0.25, 0.3) is 10.8 Å². The molecular weight excluding hydrogens is 928 g/mol. The Labute approximate surface area is 439 Å². The van der Waals surface area contributed by atoms with Gasteiger partial charge in [0.25, 0.3) is 0 Å². The van der Waals surface area contributed by atoms with Crippen LogP contribution in [0.4, 0.5) is 4.39 Å². The van der Waals surface area contributed by atoms with E-state index in [0.29, 0.717) is 49.3 Å². The van der Waals surface area contributed by atoms with Gasteiger partial charge >= 0.3 is 0 Å². The van der Waals surface area contributed by atoms with Gasteiger partial charge in [0.1, 0.15) is 36.6 Å². The Morgan fingerprint density at radius 3 is 2.27 bits per heavy atom. The van der Waals surface area contributed by atoms with Crippen LogP contribution >= 0.6 is 0 Å². The predicted molar refractivity (Wildman–Crippen MR) is 293 cm³/mol. The quantitative estimate of drug-likeness (QED) is 0.0268. The van der Waals surface area contributed by atoms with E-state index in [1.54, 1.807) is 18.2 Å². The maximum atomic E-state index is 15.6. The molecule has 1 fully saturated rings. The Balaban J connectivity index is 1.28. The second kappa shape index (κ2) is 27.6. The third kappa shape index (κ3) is 13.3. The zero-order chi connectivity index (χ0) is 51.5. The monoisotopic (exact) mass is 1010 g/mol. The summed E-state index contributed by atoms with van der Waals surface area (Å²) >= 11 is 0. The van der Waals surface area contributed by atoms with E-state index >= 15 is 4.79 Å². The van der Waals surface area contributed by atoms with E-state index in [1.165, 1.54) is 44.6 Å². The van der Waals surface area contributed by atoms with Crippen molar-refractivity contribution in [2.45, 2.75) is 154 Å². The van der Waals surface area contributed by atoms with Crippen molar-refractivity contribution in [3.05, 3.63) is 168 Å². The Bertz CT molecular complexity index is 2630. The van der Waals surface area contributed by atoms with Gasteiger partial charge in [-0.15, -0.1) is 6.58 Å². The number of hydrogen-bond donors (Lipinski definition) is 2. The standard InChI is InChI=1S/C64H79FN2O7/c1-3-5-6-7-8-9-10-11-15-35-61(70)67(44-50-31-24-30-48-27-16-18-32-53(48)50)60-43-58(66-73-45-47-25-13-12-14-26-47)55-41-49(28-20-22-38-68)54(33-21-23-39-69)62-56-42-52(71-46-51-29-17-19-34-57(51)65)36-37-59(56)74-64(60,63(55)62)72-40-4-2/h4,12-14,16-19,24-27,29-32,34,36-37,41-42,49,54,60,62-63,68-69H,2-3,5-11,15,20-23,28,33,35,38-40,43-46H2,1H3. The molecule has 6 unspecified atom stereocenters. The molecule has 5 aromatic rings. The summed E-state index contributed by atoms with van der Waals surface area (Å²) in [6.07, 6.45) is 19.6. The minimum Gasteiger partial charge on any atom is -0.489 e. The molecule has 0 bridgehead atoms. The van der Waals surface area contributed by atoms with Crippen LogP contribution in [-0.2, 0) is 34.1 Å². The molecule has 0 aromatic heterocycles. The number of fused-ring (bicyclic) bond motifs is 3. The van der Waals surface area contributed by atoms with E-state index < -0.39 is 17.7 Å². The van der Waals surface area contributed by atoms with Crippen LogP contribution in [0.2, 0.25) is 0 Å². The van der Waals surface area contributed by atoms with E-state index in [4.69, 9.17) is 24.2 Å². The van der Waals surface area contributed by atoms with Crippen LogP contribution in [0.5, 0.6) is 11.5 Å². The van der Waals surface area contributed by atoms with Gasteiger partial charge in [-0.3, -0.25) is 4.79 Å². The number of carbonyl (C=O) groups excluding carboxylic acids is 1. The van der Waals surface area contributed by atoms with Crippen molar-refractivity contribution in [3.8, 4) is 11.5 Å².